The highest BCUT2D eigenvalue weighted by Crippen LogP contribution is 2.28. The van der Waals surface area contributed by atoms with Crippen molar-refractivity contribution < 1.29 is 14.6 Å². The first-order chi connectivity index (χ1) is 10.1. The summed E-state index contributed by atoms with van der Waals surface area (Å²) < 4.78 is 5.01. The maximum Gasteiger partial charge on any atom is 0.254 e. The Labute approximate surface area is 125 Å². The fourth-order valence-corrected chi connectivity index (χ4v) is 3.02. The van der Waals surface area contributed by atoms with Crippen molar-refractivity contribution >= 4 is 5.91 Å². The number of phenolic OH excluding ortho intramolecular Hbond substituents is 1. The summed E-state index contributed by atoms with van der Waals surface area (Å²) in [7, 11) is 3.47. The second-order valence-electron chi connectivity index (χ2n) is 5.49. The number of likely N-dealkylation sites (tertiary alicyclic amines) is 1. The predicted octanol–water partition coefficient (Wildman–Crippen LogP) is 1.86. The lowest BCUT2D eigenvalue weighted by molar-refractivity contribution is 0.0631. The molecule has 1 aliphatic heterocycles. The van der Waals surface area contributed by atoms with Gasteiger partial charge < -0.3 is 20.1 Å². The van der Waals surface area contributed by atoms with E-state index in [1.165, 1.54) is 13.2 Å². The quantitative estimate of drug-likeness (QED) is 0.889. The molecule has 0 aliphatic carbocycles. The molecule has 1 amide bonds. The lowest BCUT2D eigenvalue weighted by Gasteiger charge is -2.38. The lowest BCUT2D eigenvalue weighted by atomic mass is 9.89. The number of carbonyl (C=O) groups is 1. The van der Waals surface area contributed by atoms with E-state index in [0.29, 0.717) is 23.3 Å². The predicted molar refractivity (Wildman–Crippen MR) is 81.8 cm³/mol. The maximum absolute atomic E-state index is 12.6. The Morgan fingerprint density at radius 2 is 2.29 bits per heavy atom. The van der Waals surface area contributed by atoms with E-state index in [4.69, 9.17) is 4.74 Å². The molecular formula is C16H24N2O3. The van der Waals surface area contributed by atoms with Gasteiger partial charge in [0.1, 0.15) is 0 Å². The number of nitrogens with one attached hydrogen (secondary N) is 1. The molecule has 1 aromatic rings. The molecular weight excluding hydrogens is 268 g/mol. The molecule has 0 spiro atoms. The average molecular weight is 292 g/mol. The molecule has 21 heavy (non-hydrogen) atoms. The van der Waals surface area contributed by atoms with Gasteiger partial charge in [-0.1, -0.05) is 13.3 Å². The minimum Gasteiger partial charge on any atom is -0.504 e. The molecule has 5 nitrogen and oxygen atoms in total. The van der Waals surface area contributed by atoms with Crippen LogP contribution < -0.4 is 10.1 Å². The first-order valence-electron chi connectivity index (χ1n) is 7.44. The van der Waals surface area contributed by atoms with Crippen LogP contribution in [0.15, 0.2) is 18.2 Å². The number of rotatable bonds is 4. The van der Waals surface area contributed by atoms with Crippen LogP contribution in [0.25, 0.3) is 0 Å². The van der Waals surface area contributed by atoms with Crippen molar-refractivity contribution in [2.24, 2.45) is 5.92 Å². The summed E-state index contributed by atoms with van der Waals surface area (Å²) in [6.07, 6.45) is 2.01. The second-order valence-corrected chi connectivity index (χ2v) is 5.49. The van der Waals surface area contributed by atoms with Gasteiger partial charge in [-0.3, -0.25) is 4.79 Å². The molecule has 1 heterocycles. The molecule has 116 valence electrons. The van der Waals surface area contributed by atoms with Gasteiger partial charge in [0.2, 0.25) is 0 Å². The molecule has 2 N–H and O–H groups in total. The third kappa shape index (κ3) is 3.29. The molecule has 0 radical (unpaired) electrons. The number of benzene rings is 1. The van der Waals surface area contributed by atoms with E-state index < -0.39 is 0 Å². The van der Waals surface area contributed by atoms with E-state index in [2.05, 4.69) is 12.2 Å². The number of hydrogen-bond donors (Lipinski definition) is 2. The molecule has 1 aliphatic rings. The zero-order valence-electron chi connectivity index (χ0n) is 12.9. The second kappa shape index (κ2) is 6.80. The zero-order valence-corrected chi connectivity index (χ0v) is 12.9. The number of nitrogens with zero attached hydrogens (tertiary/aromatic N) is 1. The van der Waals surface area contributed by atoms with Gasteiger partial charge in [-0.05, 0) is 37.6 Å². The molecule has 0 bridgehead atoms. The topological polar surface area (TPSA) is 61.8 Å². The standard InChI is InChI=1S/C16H24N2O3/c1-4-11-10-18(8-7-13(11)17-2)16(20)12-5-6-15(21-3)14(19)9-12/h5-6,9,11,13,17,19H,4,7-8,10H2,1-3H3. The molecule has 2 atom stereocenters. The molecule has 1 aromatic carbocycles. The summed E-state index contributed by atoms with van der Waals surface area (Å²) in [5.74, 6) is 0.827. The summed E-state index contributed by atoms with van der Waals surface area (Å²) in [6, 6.07) is 5.28. The van der Waals surface area contributed by atoms with Gasteiger partial charge >= 0.3 is 0 Å². The highest BCUT2D eigenvalue weighted by Gasteiger charge is 2.30. The van der Waals surface area contributed by atoms with Crippen LogP contribution in [0.3, 0.4) is 0 Å². The summed E-state index contributed by atoms with van der Waals surface area (Å²) in [5, 5.41) is 13.1. The van der Waals surface area contributed by atoms with Crippen molar-refractivity contribution in [1.29, 1.82) is 0 Å². The van der Waals surface area contributed by atoms with Gasteiger partial charge in [0.05, 0.1) is 7.11 Å². The smallest absolute Gasteiger partial charge is 0.254 e. The number of piperidine rings is 1. The number of hydrogen-bond acceptors (Lipinski definition) is 4. The lowest BCUT2D eigenvalue weighted by Crippen LogP contribution is -2.50. The van der Waals surface area contributed by atoms with Crippen LogP contribution in [-0.4, -0.2) is 49.2 Å². The van der Waals surface area contributed by atoms with Crippen LogP contribution >= 0.6 is 0 Å². The van der Waals surface area contributed by atoms with E-state index >= 15 is 0 Å². The molecule has 1 fully saturated rings. The van der Waals surface area contributed by atoms with Crippen molar-refractivity contribution in [3.8, 4) is 11.5 Å². The molecule has 5 heteroatoms. The summed E-state index contributed by atoms with van der Waals surface area (Å²) in [6.45, 7) is 3.66. The van der Waals surface area contributed by atoms with Crippen molar-refractivity contribution in [1.82, 2.24) is 10.2 Å². The number of phenols is 1. The van der Waals surface area contributed by atoms with Crippen LogP contribution in [0.5, 0.6) is 11.5 Å². The number of carbonyl (C=O) groups excluding carboxylic acids is 1. The van der Waals surface area contributed by atoms with Crippen LogP contribution in [0, 0.1) is 5.92 Å². The first-order valence-corrected chi connectivity index (χ1v) is 7.44. The third-order valence-electron chi connectivity index (χ3n) is 4.34. The van der Waals surface area contributed by atoms with E-state index in [-0.39, 0.29) is 11.7 Å². The third-order valence-corrected chi connectivity index (χ3v) is 4.34. The summed E-state index contributed by atoms with van der Waals surface area (Å²) in [5.41, 5.74) is 0.506. The van der Waals surface area contributed by atoms with Crippen LogP contribution in [0.4, 0.5) is 0 Å². The van der Waals surface area contributed by atoms with E-state index in [0.717, 1.165) is 25.9 Å². The Hall–Kier alpha value is -1.75. The molecule has 1 saturated heterocycles. The Morgan fingerprint density at radius 1 is 1.52 bits per heavy atom. The SMILES string of the molecule is CCC1CN(C(=O)c2ccc(OC)c(O)c2)CCC1NC. The minimum atomic E-state index is -0.0269. The van der Waals surface area contributed by atoms with Gasteiger partial charge in [-0.15, -0.1) is 0 Å². The molecule has 2 unspecified atom stereocenters. The van der Waals surface area contributed by atoms with E-state index in [9.17, 15) is 9.90 Å². The first kappa shape index (κ1) is 15.6. The number of methoxy groups -OCH3 is 1. The largest absolute Gasteiger partial charge is 0.504 e. The van der Waals surface area contributed by atoms with Crippen molar-refractivity contribution in [2.75, 3.05) is 27.2 Å². The Kier molecular flexibility index (Phi) is 5.07. The van der Waals surface area contributed by atoms with Gasteiger partial charge in [0.15, 0.2) is 11.5 Å². The monoisotopic (exact) mass is 292 g/mol. The maximum atomic E-state index is 12.6. The van der Waals surface area contributed by atoms with Crippen molar-refractivity contribution in [3.05, 3.63) is 23.8 Å². The average Bonchev–Trinajstić information content (AvgIpc) is 2.53. The number of ether oxygens (including phenoxy) is 1. The van der Waals surface area contributed by atoms with Crippen molar-refractivity contribution in [2.45, 2.75) is 25.8 Å². The van der Waals surface area contributed by atoms with E-state index in [1.807, 2.05) is 11.9 Å². The van der Waals surface area contributed by atoms with Crippen LogP contribution in [0.1, 0.15) is 30.1 Å². The van der Waals surface area contributed by atoms with Crippen LogP contribution in [0.2, 0.25) is 0 Å². The summed E-state index contributed by atoms with van der Waals surface area (Å²) >= 11 is 0. The fraction of sp³-hybridized carbons (Fsp3) is 0.562. The number of amides is 1. The number of aromatic hydroxyl groups is 1. The van der Waals surface area contributed by atoms with Gasteiger partial charge in [0, 0.05) is 24.7 Å². The normalized spacial score (nSPS) is 22.1. The highest BCUT2D eigenvalue weighted by molar-refractivity contribution is 5.95. The van der Waals surface area contributed by atoms with Gasteiger partial charge in [-0.25, -0.2) is 0 Å². The summed E-state index contributed by atoms with van der Waals surface area (Å²) in [4.78, 5) is 14.4. The molecule has 0 saturated carbocycles. The molecule has 2 rings (SSSR count). The zero-order chi connectivity index (χ0) is 15.4. The van der Waals surface area contributed by atoms with Gasteiger partial charge in [0.25, 0.3) is 5.91 Å². The van der Waals surface area contributed by atoms with Crippen LogP contribution in [-0.2, 0) is 0 Å². The highest BCUT2D eigenvalue weighted by atomic mass is 16.5. The van der Waals surface area contributed by atoms with Gasteiger partial charge in [-0.2, -0.15) is 0 Å². The Balaban J connectivity index is 2.11. The van der Waals surface area contributed by atoms with E-state index in [1.54, 1.807) is 12.1 Å². The minimum absolute atomic E-state index is 0.000465. The molecule has 0 aromatic heterocycles. The fourth-order valence-electron chi connectivity index (χ4n) is 3.02. The Morgan fingerprint density at radius 3 is 2.86 bits per heavy atom. The Bertz CT molecular complexity index is 504. The van der Waals surface area contributed by atoms with Crippen molar-refractivity contribution in [3.63, 3.8) is 0 Å².